The monoisotopic (exact) mass is 391 g/mol. The minimum atomic E-state index is -4.08. The molecule has 1 aliphatic carbocycles. The summed E-state index contributed by atoms with van der Waals surface area (Å²) in [5, 5.41) is 0. The number of hydrogen-bond acceptors (Lipinski definition) is 4. The molecule has 4 rings (SSSR count). The quantitative estimate of drug-likeness (QED) is 0.575. The van der Waals surface area contributed by atoms with Crippen LogP contribution in [0.3, 0.4) is 0 Å². The first-order valence-electron chi connectivity index (χ1n) is 8.72. The predicted molar refractivity (Wildman–Crippen MR) is 106 cm³/mol. The van der Waals surface area contributed by atoms with Gasteiger partial charge in [0.15, 0.2) is 11.6 Å². The molecule has 6 heteroatoms. The van der Waals surface area contributed by atoms with Gasteiger partial charge in [-0.25, -0.2) is 8.42 Å². The Morgan fingerprint density at radius 2 is 1.32 bits per heavy atom. The summed E-state index contributed by atoms with van der Waals surface area (Å²) >= 11 is 0. The zero-order valence-corrected chi connectivity index (χ0v) is 16.1. The van der Waals surface area contributed by atoms with E-state index < -0.39 is 15.8 Å². The van der Waals surface area contributed by atoms with Crippen molar-refractivity contribution in [3.63, 3.8) is 0 Å². The zero-order valence-electron chi connectivity index (χ0n) is 15.3. The second-order valence-corrected chi connectivity index (χ2v) is 8.39. The molecule has 0 atom stereocenters. The van der Waals surface area contributed by atoms with Gasteiger partial charge in [-0.1, -0.05) is 48.5 Å². The maximum atomic E-state index is 13.1. The molecule has 1 aliphatic rings. The van der Waals surface area contributed by atoms with E-state index in [4.69, 9.17) is 0 Å². The number of sulfonamides is 1. The Balaban J connectivity index is 1.88. The van der Waals surface area contributed by atoms with Crippen LogP contribution in [0.25, 0.3) is 0 Å². The average molecular weight is 391 g/mol. The molecule has 0 saturated carbocycles. The topological polar surface area (TPSA) is 80.3 Å². The number of fused-ring (bicyclic) bond motifs is 2. The fourth-order valence-corrected chi connectivity index (χ4v) is 4.75. The van der Waals surface area contributed by atoms with Crippen molar-refractivity contribution in [1.82, 2.24) is 0 Å². The lowest BCUT2D eigenvalue weighted by molar-refractivity contribution is 0.0976. The molecule has 3 aromatic rings. The van der Waals surface area contributed by atoms with Crippen molar-refractivity contribution in [1.29, 1.82) is 0 Å². The van der Waals surface area contributed by atoms with Gasteiger partial charge in [0.1, 0.15) is 0 Å². The van der Waals surface area contributed by atoms with Gasteiger partial charge in [0.25, 0.3) is 10.0 Å². The normalized spacial score (nSPS) is 13.1. The van der Waals surface area contributed by atoms with Crippen molar-refractivity contribution >= 4 is 27.3 Å². The van der Waals surface area contributed by atoms with Gasteiger partial charge < -0.3 is 0 Å². The van der Waals surface area contributed by atoms with Gasteiger partial charge in [0, 0.05) is 16.7 Å². The molecule has 0 fully saturated rings. The summed E-state index contributed by atoms with van der Waals surface area (Å²) in [7, 11) is -4.08. The van der Waals surface area contributed by atoms with Gasteiger partial charge in [-0.05, 0) is 37.1 Å². The maximum Gasteiger partial charge on any atom is 0.262 e. The van der Waals surface area contributed by atoms with Crippen LogP contribution in [0.4, 0.5) is 5.69 Å². The fourth-order valence-electron chi connectivity index (χ4n) is 3.40. The Kier molecular flexibility index (Phi) is 4.16. The van der Waals surface area contributed by atoms with Crippen LogP contribution in [0, 0.1) is 13.8 Å². The van der Waals surface area contributed by atoms with Crippen LogP contribution in [-0.4, -0.2) is 20.0 Å². The van der Waals surface area contributed by atoms with Crippen molar-refractivity contribution in [3.05, 3.63) is 94.0 Å². The molecular weight excluding hydrogens is 374 g/mol. The molecule has 0 heterocycles. The Labute approximate surface area is 163 Å². The summed E-state index contributed by atoms with van der Waals surface area (Å²) in [4.78, 5) is 25.7. The van der Waals surface area contributed by atoms with Crippen LogP contribution < -0.4 is 4.72 Å². The second-order valence-electron chi connectivity index (χ2n) is 6.74. The highest BCUT2D eigenvalue weighted by molar-refractivity contribution is 7.92. The molecule has 0 spiro atoms. The molecule has 0 unspecified atom stereocenters. The van der Waals surface area contributed by atoms with Crippen molar-refractivity contribution < 1.29 is 18.0 Å². The molecule has 0 aromatic heterocycles. The highest BCUT2D eigenvalue weighted by Gasteiger charge is 2.34. The van der Waals surface area contributed by atoms with Crippen LogP contribution in [0.2, 0.25) is 0 Å². The summed E-state index contributed by atoms with van der Waals surface area (Å²) < 4.78 is 28.8. The first kappa shape index (κ1) is 18.1. The number of rotatable bonds is 3. The minimum Gasteiger partial charge on any atom is -0.289 e. The van der Waals surface area contributed by atoms with E-state index in [0.717, 1.165) is 11.1 Å². The van der Waals surface area contributed by atoms with Crippen molar-refractivity contribution in [2.45, 2.75) is 18.7 Å². The molecule has 0 radical (unpaired) electrons. The van der Waals surface area contributed by atoms with E-state index in [9.17, 15) is 18.0 Å². The zero-order chi connectivity index (χ0) is 20.1. The third kappa shape index (κ3) is 2.73. The van der Waals surface area contributed by atoms with Crippen molar-refractivity contribution in [2.75, 3.05) is 4.72 Å². The van der Waals surface area contributed by atoms with Crippen molar-refractivity contribution in [3.8, 4) is 0 Å². The molecule has 3 aromatic carbocycles. The second kappa shape index (κ2) is 6.42. The lowest BCUT2D eigenvalue weighted by atomic mass is 9.84. The number of nitrogens with one attached hydrogen (secondary N) is 1. The first-order chi connectivity index (χ1) is 13.3. The lowest BCUT2D eigenvalue weighted by Crippen LogP contribution is -2.25. The van der Waals surface area contributed by atoms with Gasteiger partial charge in [0.2, 0.25) is 0 Å². The highest BCUT2D eigenvalue weighted by atomic mass is 32.2. The van der Waals surface area contributed by atoms with Crippen LogP contribution in [0.1, 0.15) is 43.0 Å². The van der Waals surface area contributed by atoms with Gasteiger partial charge in [0.05, 0.1) is 16.1 Å². The van der Waals surface area contributed by atoms with E-state index in [-0.39, 0.29) is 32.9 Å². The van der Waals surface area contributed by atoms with Crippen LogP contribution in [-0.2, 0) is 10.0 Å². The number of hydrogen-bond donors (Lipinski definition) is 1. The largest absolute Gasteiger partial charge is 0.289 e. The van der Waals surface area contributed by atoms with Gasteiger partial charge in [-0.15, -0.1) is 0 Å². The fraction of sp³-hybridized carbons (Fsp3) is 0.0909. The smallest absolute Gasteiger partial charge is 0.262 e. The number of benzene rings is 3. The summed E-state index contributed by atoms with van der Waals surface area (Å²) in [6.45, 7) is 3.70. The Morgan fingerprint density at radius 1 is 0.714 bits per heavy atom. The summed E-state index contributed by atoms with van der Waals surface area (Å²) in [6, 6.07) is 16.1. The van der Waals surface area contributed by atoms with Crippen LogP contribution >= 0.6 is 0 Å². The van der Waals surface area contributed by atoms with E-state index in [1.807, 2.05) is 19.9 Å². The molecule has 140 valence electrons. The number of anilines is 1. The highest BCUT2D eigenvalue weighted by Crippen LogP contribution is 2.32. The van der Waals surface area contributed by atoms with E-state index in [2.05, 4.69) is 4.72 Å². The Bertz CT molecular complexity index is 1260. The predicted octanol–water partition coefficient (Wildman–Crippen LogP) is 3.88. The summed E-state index contributed by atoms with van der Waals surface area (Å²) in [5.41, 5.74) is 2.70. The number of ketones is 2. The standard InChI is InChI=1S/C22H17NO4S/c1-13-7-5-11-18(14(13)2)23-28(26,27)19-12-6-10-17-20(19)22(25)16-9-4-3-8-15(16)21(17)24/h3-12,23H,1-2H3. The molecule has 0 amide bonds. The third-order valence-electron chi connectivity index (χ3n) is 5.05. The van der Waals surface area contributed by atoms with Gasteiger partial charge in [-0.2, -0.15) is 0 Å². The van der Waals surface area contributed by atoms with E-state index in [0.29, 0.717) is 5.69 Å². The molecule has 28 heavy (non-hydrogen) atoms. The van der Waals surface area contributed by atoms with Gasteiger partial charge in [-0.3, -0.25) is 14.3 Å². The van der Waals surface area contributed by atoms with E-state index in [1.54, 1.807) is 36.4 Å². The third-order valence-corrected chi connectivity index (χ3v) is 6.46. The van der Waals surface area contributed by atoms with E-state index in [1.165, 1.54) is 18.2 Å². The maximum absolute atomic E-state index is 13.1. The minimum absolute atomic E-state index is 0.0796. The first-order valence-corrected chi connectivity index (χ1v) is 10.2. The molecule has 0 saturated heterocycles. The number of carbonyl (C=O) groups excluding carboxylic acids is 2. The Hall–Kier alpha value is -3.25. The van der Waals surface area contributed by atoms with Crippen LogP contribution in [0.5, 0.6) is 0 Å². The SMILES string of the molecule is Cc1cccc(NS(=O)(=O)c2cccc3c2C(=O)c2ccccc2C3=O)c1C. The number of carbonyl (C=O) groups is 2. The summed E-state index contributed by atoms with van der Waals surface area (Å²) in [6.07, 6.45) is 0. The molecule has 5 nitrogen and oxygen atoms in total. The number of aryl methyl sites for hydroxylation is 1. The molecular formula is C22H17NO4S. The lowest BCUT2D eigenvalue weighted by Gasteiger charge is -2.20. The summed E-state index contributed by atoms with van der Waals surface area (Å²) in [5.74, 6) is -0.818. The molecule has 1 N–H and O–H groups in total. The Morgan fingerprint density at radius 3 is 2.04 bits per heavy atom. The molecule has 0 aliphatic heterocycles. The van der Waals surface area contributed by atoms with Gasteiger partial charge >= 0.3 is 0 Å². The molecule has 0 bridgehead atoms. The van der Waals surface area contributed by atoms with Crippen molar-refractivity contribution in [2.24, 2.45) is 0 Å². The average Bonchev–Trinajstić information content (AvgIpc) is 2.69. The van der Waals surface area contributed by atoms with Crippen LogP contribution in [0.15, 0.2) is 65.6 Å². The van der Waals surface area contributed by atoms with E-state index >= 15 is 0 Å².